The number of aromatic nitrogens is 2. The van der Waals surface area contributed by atoms with Crippen molar-refractivity contribution in [3.05, 3.63) is 76.3 Å². The summed E-state index contributed by atoms with van der Waals surface area (Å²) in [5, 5.41) is 0.419. The molecule has 0 aliphatic carbocycles. The quantitative estimate of drug-likeness (QED) is 0.369. The molecule has 0 unspecified atom stereocenters. The molecule has 238 valence electrons. The molecule has 3 heterocycles. The van der Waals surface area contributed by atoms with Crippen LogP contribution in [0.15, 0.2) is 48.8 Å². The third-order valence-electron chi connectivity index (χ3n) is 6.94. The van der Waals surface area contributed by atoms with Crippen LogP contribution >= 0.6 is 11.6 Å². The van der Waals surface area contributed by atoms with E-state index in [1.54, 1.807) is 65.4 Å². The Kier molecular flexibility index (Phi) is 11.0. The van der Waals surface area contributed by atoms with Gasteiger partial charge in [-0.3, -0.25) is 14.6 Å². The van der Waals surface area contributed by atoms with E-state index in [1.165, 1.54) is 6.20 Å². The Balaban J connectivity index is 1.47. The van der Waals surface area contributed by atoms with Gasteiger partial charge in [0.05, 0.1) is 32.3 Å². The summed E-state index contributed by atoms with van der Waals surface area (Å²) in [5.74, 6) is 6.80. The third-order valence-corrected chi connectivity index (χ3v) is 7.16. The fourth-order valence-corrected chi connectivity index (χ4v) is 4.87. The Hall–Kier alpha value is -4.69. The fourth-order valence-electron chi connectivity index (χ4n) is 4.70. The maximum atomic E-state index is 13.4. The van der Waals surface area contributed by atoms with E-state index in [0.717, 1.165) is 5.56 Å². The highest BCUT2D eigenvalue weighted by molar-refractivity contribution is 6.30. The minimum Gasteiger partial charge on any atom is -0.497 e. The first kappa shape index (κ1) is 33.2. The molecule has 11 nitrogen and oxygen atoms in total. The minimum absolute atomic E-state index is 0.0862. The van der Waals surface area contributed by atoms with E-state index < -0.39 is 5.60 Å². The summed E-state index contributed by atoms with van der Waals surface area (Å²) in [4.78, 5) is 51.3. The van der Waals surface area contributed by atoms with Gasteiger partial charge in [-0.1, -0.05) is 23.4 Å². The third kappa shape index (κ3) is 9.16. The lowest BCUT2D eigenvalue weighted by atomic mass is 10.1. The summed E-state index contributed by atoms with van der Waals surface area (Å²) in [5.41, 5.74) is 1.34. The standard InChI is InChI=1S/C33H38ClN5O6/c1-33(2,3)45-32(42)38-15-7-14-37(16-17-38)30(40)27-18-23(11-12-35-27)8-6-13-39(31(41)28-19-25(34)21-36-28)22-24-9-10-26(43-4)20-29(24)44-5/h9-12,18-21,36H,7,13-17,22H2,1-5H3. The number of H-pyrrole nitrogens is 1. The number of nitrogens with one attached hydrogen (secondary N) is 1. The van der Waals surface area contributed by atoms with Crippen LogP contribution in [0.4, 0.5) is 4.79 Å². The smallest absolute Gasteiger partial charge is 0.410 e. The second kappa shape index (κ2) is 14.9. The zero-order valence-corrected chi connectivity index (χ0v) is 26.9. The number of amides is 3. The van der Waals surface area contributed by atoms with Gasteiger partial charge in [-0.2, -0.15) is 0 Å². The lowest BCUT2D eigenvalue weighted by molar-refractivity contribution is 0.0255. The Morgan fingerprint density at radius 1 is 1.02 bits per heavy atom. The molecule has 0 radical (unpaired) electrons. The van der Waals surface area contributed by atoms with Gasteiger partial charge in [0, 0.05) is 55.8 Å². The summed E-state index contributed by atoms with van der Waals surface area (Å²) < 4.78 is 16.3. The van der Waals surface area contributed by atoms with Gasteiger partial charge in [0.2, 0.25) is 0 Å². The normalized spacial score (nSPS) is 13.3. The Bertz CT molecular complexity index is 1590. The monoisotopic (exact) mass is 635 g/mol. The molecule has 1 aliphatic rings. The van der Waals surface area contributed by atoms with Crippen LogP contribution in [0.1, 0.15) is 59.3 Å². The largest absolute Gasteiger partial charge is 0.497 e. The molecule has 0 saturated carbocycles. The van der Waals surface area contributed by atoms with E-state index >= 15 is 0 Å². The number of ether oxygens (including phenoxy) is 3. The molecular formula is C33H38ClN5O6. The number of halogens is 1. The Morgan fingerprint density at radius 2 is 1.78 bits per heavy atom. The predicted octanol–water partition coefficient (Wildman–Crippen LogP) is 4.86. The van der Waals surface area contributed by atoms with Gasteiger partial charge >= 0.3 is 6.09 Å². The van der Waals surface area contributed by atoms with Crippen molar-refractivity contribution in [2.24, 2.45) is 0 Å². The summed E-state index contributed by atoms with van der Waals surface area (Å²) in [6.45, 7) is 7.51. The highest BCUT2D eigenvalue weighted by Gasteiger charge is 2.27. The predicted molar refractivity (Wildman–Crippen MR) is 170 cm³/mol. The van der Waals surface area contributed by atoms with Crippen molar-refractivity contribution in [3.8, 4) is 23.3 Å². The van der Waals surface area contributed by atoms with Crippen LogP contribution in [0, 0.1) is 11.8 Å². The first-order valence-corrected chi connectivity index (χ1v) is 14.9. The molecule has 4 rings (SSSR count). The topological polar surface area (TPSA) is 117 Å². The van der Waals surface area contributed by atoms with Crippen LogP contribution in [0.3, 0.4) is 0 Å². The number of methoxy groups -OCH3 is 2. The first-order valence-electron chi connectivity index (χ1n) is 14.5. The summed E-state index contributed by atoms with van der Waals surface area (Å²) in [7, 11) is 3.13. The van der Waals surface area contributed by atoms with Gasteiger partial charge in [-0.05, 0) is 57.5 Å². The number of hydrogen-bond donors (Lipinski definition) is 1. The number of pyridine rings is 1. The Labute approximate surface area is 268 Å². The lowest BCUT2D eigenvalue weighted by Gasteiger charge is -2.26. The molecule has 3 aromatic rings. The lowest BCUT2D eigenvalue weighted by Crippen LogP contribution is -2.40. The van der Waals surface area contributed by atoms with E-state index in [-0.39, 0.29) is 36.7 Å². The van der Waals surface area contributed by atoms with Crippen LogP contribution in [0.5, 0.6) is 11.5 Å². The van der Waals surface area contributed by atoms with Gasteiger partial charge < -0.3 is 33.9 Å². The average molecular weight is 636 g/mol. The number of carbonyl (C=O) groups is 3. The summed E-state index contributed by atoms with van der Waals surface area (Å²) in [6.07, 6.45) is 3.32. The molecule has 1 fully saturated rings. The van der Waals surface area contributed by atoms with Gasteiger partial charge in [0.15, 0.2) is 0 Å². The SMILES string of the molecule is COc1ccc(CN(CC#Cc2ccnc(C(=O)N3CCCN(C(=O)OC(C)(C)C)CC3)c2)C(=O)c2cc(Cl)c[nH]2)c(OC)c1. The van der Waals surface area contributed by atoms with Crippen molar-refractivity contribution in [3.63, 3.8) is 0 Å². The summed E-state index contributed by atoms with van der Waals surface area (Å²) in [6, 6.07) is 10.3. The number of benzene rings is 1. The molecule has 12 heteroatoms. The van der Waals surface area contributed by atoms with Gasteiger partial charge in [-0.15, -0.1) is 0 Å². The fraction of sp³-hybridized carbons (Fsp3) is 0.394. The molecule has 1 N–H and O–H groups in total. The molecule has 1 saturated heterocycles. The van der Waals surface area contributed by atoms with E-state index in [0.29, 0.717) is 60.4 Å². The molecule has 45 heavy (non-hydrogen) atoms. The van der Waals surface area contributed by atoms with Crippen molar-refractivity contribution in [1.29, 1.82) is 0 Å². The minimum atomic E-state index is -0.591. The van der Waals surface area contributed by atoms with Crippen LogP contribution in [0.25, 0.3) is 0 Å². The highest BCUT2D eigenvalue weighted by atomic mass is 35.5. The zero-order chi connectivity index (χ0) is 32.6. The maximum Gasteiger partial charge on any atom is 0.410 e. The zero-order valence-electron chi connectivity index (χ0n) is 26.2. The highest BCUT2D eigenvalue weighted by Crippen LogP contribution is 2.26. The maximum absolute atomic E-state index is 13.4. The van der Waals surface area contributed by atoms with Crippen molar-refractivity contribution < 1.29 is 28.6 Å². The van der Waals surface area contributed by atoms with E-state index in [1.807, 2.05) is 26.8 Å². The molecule has 0 spiro atoms. The van der Waals surface area contributed by atoms with Crippen molar-refractivity contribution >= 4 is 29.5 Å². The first-order chi connectivity index (χ1) is 21.5. The van der Waals surface area contributed by atoms with E-state index in [4.69, 9.17) is 25.8 Å². The summed E-state index contributed by atoms with van der Waals surface area (Å²) >= 11 is 6.06. The van der Waals surface area contributed by atoms with Crippen molar-refractivity contribution in [1.82, 2.24) is 24.7 Å². The van der Waals surface area contributed by atoms with Crippen LogP contribution in [-0.4, -0.2) is 95.1 Å². The van der Waals surface area contributed by atoms with E-state index in [2.05, 4.69) is 21.8 Å². The second-order valence-electron chi connectivity index (χ2n) is 11.4. The number of rotatable bonds is 7. The number of nitrogens with zero attached hydrogens (tertiary/aromatic N) is 4. The molecular weight excluding hydrogens is 598 g/mol. The molecule has 1 aliphatic heterocycles. The second-order valence-corrected chi connectivity index (χ2v) is 11.9. The molecule has 0 atom stereocenters. The van der Waals surface area contributed by atoms with Gasteiger partial charge in [-0.25, -0.2) is 4.79 Å². The Morgan fingerprint density at radius 3 is 2.47 bits per heavy atom. The van der Waals surface area contributed by atoms with Crippen molar-refractivity contribution in [2.75, 3.05) is 46.9 Å². The number of aromatic amines is 1. The van der Waals surface area contributed by atoms with Gasteiger partial charge in [0.1, 0.15) is 28.5 Å². The molecule has 1 aromatic carbocycles. The van der Waals surface area contributed by atoms with E-state index in [9.17, 15) is 14.4 Å². The number of hydrogen-bond acceptors (Lipinski definition) is 7. The number of carbonyl (C=O) groups excluding carboxylic acids is 3. The molecule has 0 bridgehead atoms. The van der Waals surface area contributed by atoms with Crippen molar-refractivity contribution in [2.45, 2.75) is 39.3 Å². The average Bonchev–Trinajstić information content (AvgIpc) is 3.30. The molecule has 2 aromatic heterocycles. The van der Waals surface area contributed by atoms with Gasteiger partial charge in [0.25, 0.3) is 11.8 Å². The van der Waals surface area contributed by atoms with Crippen LogP contribution < -0.4 is 9.47 Å². The van der Waals surface area contributed by atoms with Crippen LogP contribution in [-0.2, 0) is 11.3 Å². The molecule has 3 amide bonds. The van der Waals surface area contributed by atoms with Crippen LogP contribution in [0.2, 0.25) is 5.02 Å².